The Morgan fingerprint density at radius 1 is 1.00 bits per heavy atom. The molecule has 0 aliphatic carbocycles. The van der Waals surface area contributed by atoms with Crippen molar-refractivity contribution in [1.82, 2.24) is 0 Å². The van der Waals surface area contributed by atoms with Crippen molar-refractivity contribution < 1.29 is 35.1 Å². The zero-order valence-electron chi connectivity index (χ0n) is 7.36. The molecule has 0 saturated heterocycles. The Morgan fingerprint density at radius 2 is 1.43 bits per heavy atom. The van der Waals surface area contributed by atoms with Gasteiger partial charge in [-0.1, -0.05) is 0 Å². The van der Waals surface area contributed by atoms with Gasteiger partial charge < -0.3 is 25.5 Å². The SMILES string of the molecule is C[C@@H](O)[C@@H](O)[C@H](O)[C@@H](O)C(=O)C(=O)O. The van der Waals surface area contributed by atoms with Crippen LogP contribution in [0.4, 0.5) is 0 Å². The summed E-state index contributed by atoms with van der Waals surface area (Å²) in [5.41, 5.74) is 0. The highest BCUT2D eigenvalue weighted by molar-refractivity contribution is 6.34. The highest BCUT2D eigenvalue weighted by Gasteiger charge is 2.35. The molecule has 7 nitrogen and oxygen atoms in total. The van der Waals surface area contributed by atoms with Crippen LogP contribution in [0.15, 0.2) is 0 Å². The van der Waals surface area contributed by atoms with Crippen LogP contribution < -0.4 is 0 Å². The Kier molecular flexibility index (Phi) is 4.64. The Morgan fingerprint density at radius 3 is 1.71 bits per heavy atom. The molecule has 4 atom stereocenters. The molecule has 0 aliphatic heterocycles. The van der Waals surface area contributed by atoms with E-state index in [4.69, 9.17) is 25.5 Å². The van der Waals surface area contributed by atoms with Gasteiger partial charge in [0.15, 0.2) is 6.10 Å². The van der Waals surface area contributed by atoms with Crippen molar-refractivity contribution in [3.8, 4) is 0 Å². The number of carbonyl (C=O) groups is 2. The van der Waals surface area contributed by atoms with E-state index in [2.05, 4.69) is 0 Å². The van der Waals surface area contributed by atoms with Crippen molar-refractivity contribution >= 4 is 11.8 Å². The molecule has 0 bridgehead atoms. The number of rotatable bonds is 5. The van der Waals surface area contributed by atoms with E-state index in [1.165, 1.54) is 0 Å². The van der Waals surface area contributed by atoms with Crippen molar-refractivity contribution in [1.29, 1.82) is 0 Å². The fourth-order valence-electron chi connectivity index (χ4n) is 0.754. The highest BCUT2D eigenvalue weighted by Crippen LogP contribution is 2.05. The molecular formula is C7H12O7. The Hall–Kier alpha value is -1.02. The normalized spacial score (nSPS) is 19.5. The number of carbonyl (C=O) groups excluding carboxylic acids is 1. The predicted molar refractivity (Wildman–Crippen MR) is 42.3 cm³/mol. The van der Waals surface area contributed by atoms with E-state index in [1.54, 1.807) is 0 Å². The molecule has 0 unspecified atom stereocenters. The van der Waals surface area contributed by atoms with Gasteiger partial charge in [-0.15, -0.1) is 0 Å². The topological polar surface area (TPSA) is 135 Å². The molecule has 82 valence electrons. The zero-order valence-corrected chi connectivity index (χ0v) is 7.36. The molecule has 0 saturated carbocycles. The van der Waals surface area contributed by atoms with Crippen LogP contribution in [0.25, 0.3) is 0 Å². The summed E-state index contributed by atoms with van der Waals surface area (Å²) in [6.07, 6.45) is -7.45. The van der Waals surface area contributed by atoms with Crippen molar-refractivity contribution in [2.24, 2.45) is 0 Å². The monoisotopic (exact) mass is 208 g/mol. The Balaban J connectivity index is 4.46. The van der Waals surface area contributed by atoms with Gasteiger partial charge in [-0.2, -0.15) is 0 Å². The molecule has 0 aromatic rings. The first-order chi connectivity index (χ1) is 6.29. The third-order valence-corrected chi connectivity index (χ3v) is 1.65. The lowest BCUT2D eigenvalue weighted by atomic mass is 10.0. The highest BCUT2D eigenvalue weighted by atomic mass is 16.4. The molecule has 0 radical (unpaired) electrons. The van der Waals surface area contributed by atoms with Crippen molar-refractivity contribution in [3.05, 3.63) is 0 Å². The predicted octanol–water partition coefficient (Wildman–Crippen LogP) is -2.90. The average molecular weight is 208 g/mol. The molecule has 5 N–H and O–H groups in total. The summed E-state index contributed by atoms with van der Waals surface area (Å²) in [6.45, 7) is 1.12. The second-order valence-electron chi connectivity index (χ2n) is 2.84. The molecule has 0 aliphatic rings. The first-order valence-electron chi connectivity index (χ1n) is 3.78. The summed E-state index contributed by atoms with van der Waals surface area (Å²) in [6, 6.07) is 0. The van der Waals surface area contributed by atoms with Crippen LogP contribution in [0.3, 0.4) is 0 Å². The summed E-state index contributed by atoms with van der Waals surface area (Å²) in [4.78, 5) is 20.7. The number of aliphatic hydroxyl groups is 4. The molecular weight excluding hydrogens is 196 g/mol. The summed E-state index contributed by atoms with van der Waals surface area (Å²) < 4.78 is 0. The molecule has 0 spiro atoms. The maximum Gasteiger partial charge on any atom is 0.375 e. The first-order valence-corrected chi connectivity index (χ1v) is 3.78. The third-order valence-electron chi connectivity index (χ3n) is 1.65. The van der Waals surface area contributed by atoms with E-state index < -0.39 is 36.2 Å². The summed E-state index contributed by atoms with van der Waals surface area (Å²) in [7, 11) is 0. The Labute approximate surface area is 79.2 Å². The van der Waals surface area contributed by atoms with Crippen LogP contribution in [-0.2, 0) is 9.59 Å². The van der Waals surface area contributed by atoms with Crippen molar-refractivity contribution in [3.63, 3.8) is 0 Å². The second kappa shape index (κ2) is 5.01. The molecule has 0 aromatic heterocycles. The number of carboxylic acids is 1. The second-order valence-corrected chi connectivity index (χ2v) is 2.84. The van der Waals surface area contributed by atoms with Gasteiger partial charge >= 0.3 is 5.97 Å². The van der Waals surface area contributed by atoms with E-state index in [-0.39, 0.29) is 0 Å². The molecule has 14 heavy (non-hydrogen) atoms. The average Bonchev–Trinajstić information content (AvgIpc) is 2.12. The third kappa shape index (κ3) is 3.04. The maximum absolute atomic E-state index is 10.6. The number of hydrogen-bond acceptors (Lipinski definition) is 6. The summed E-state index contributed by atoms with van der Waals surface area (Å²) >= 11 is 0. The van der Waals surface area contributed by atoms with Crippen LogP contribution >= 0.6 is 0 Å². The van der Waals surface area contributed by atoms with Gasteiger partial charge in [0.25, 0.3) is 5.78 Å². The molecule has 0 amide bonds. The molecule has 7 heteroatoms. The Bertz CT molecular complexity index is 224. The standard InChI is InChI=1S/C7H12O7/c1-2(8)3(9)4(10)5(11)6(12)7(13)14/h2-5,8-11H,1H3,(H,13,14)/t2-,3-,4+,5-/m1/s1. The quantitative estimate of drug-likeness (QED) is 0.306. The van der Waals surface area contributed by atoms with E-state index in [0.29, 0.717) is 0 Å². The number of ketones is 1. The summed E-state index contributed by atoms with van der Waals surface area (Å²) in [5, 5.41) is 43.9. The van der Waals surface area contributed by atoms with E-state index in [0.717, 1.165) is 6.92 Å². The minimum atomic E-state index is -2.25. The van der Waals surface area contributed by atoms with E-state index in [9.17, 15) is 9.59 Å². The van der Waals surface area contributed by atoms with Gasteiger partial charge in [0.05, 0.1) is 6.10 Å². The van der Waals surface area contributed by atoms with Crippen LogP contribution in [0.1, 0.15) is 6.92 Å². The maximum atomic E-state index is 10.6. The molecule has 0 fully saturated rings. The van der Waals surface area contributed by atoms with Crippen molar-refractivity contribution in [2.75, 3.05) is 0 Å². The van der Waals surface area contributed by atoms with Gasteiger partial charge in [-0.25, -0.2) is 4.79 Å². The van der Waals surface area contributed by atoms with Crippen molar-refractivity contribution in [2.45, 2.75) is 31.3 Å². The number of aliphatic hydroxyl groups excluding tert-OH is 4. The lowest BCUT2D eigenvalue weighted by Gasteiger charge is -2.22. The number of aliphatic carboxylic acids is 1. The molecule has 0 rings (SSSR count). The summed E-state index contributed by atoms with van der Waals surface area (Å²) in [5.74, 6) is -3.56. The van der Waals surface area contributed by atoms with E-state index in [1.807, 2.05) is 0 Å². The lowest BCUT2D eigenvalue weighted by Crippen LogP contribution is -2.48. The zero-order chi connectivity index (χ0) is 11.5. The number of hydrogen-bond donors (Lipinski definition) is 5. The lowest BCUT2D eigenvalue weighted by molar-refractivity contribution is -0.161. The van der Waals surface area contributed by atoms with Crippen LogP contribution in [-0.4, -0.2) is 61.7 Å². The van der Waals surface area contributed by atoms with Gasteiger partial charge in [-0.05, 0) is 6.92 Å². The van der Waals surface area contributed by atoms with Gasteiger partial charge in [0.1, 0.15) is 12.2 Å². The van der Waals surface area contributed by atoms with E-state index >= 15 is 0 Å². The molecule has 0 heterocycles. The minimum absolute atomic E-state index is 1.12. The van der Waals surface area contributed by atoms with Crippen LogP contribution in [0, 0.1) is 0 Å². The number of carboxylic acid groups (broad SMARTS) is 1. The van der Waals surface area contributed by atoms with Crippen LogP contribution in [0.5, 0.6) is 0 Å². The fourth-order valence-corrected chi connectivity index (χ4v) is 0.754. The fraction of sp³-hybridized carbons (Fsp3) is 0.714. The first kappa shape index (κ1) is 13.0. The number of Topliss-reactive ketones (excluding diaryl/α,β-unsaturated/α-hetero) is 1. The minimum Gasteiger partial charge on any atom is -0.475 e. The smallest absolute Gasteiger partial charge is 0.375 e. The van der Waals surface area contributed by atoms with Gasteiger partial charge in [0, 0.05) is 0 Å². The largest absolute Gasteiger partial charge is 0.475 e. The van der Waals surface area contributed by atoms with Gasteiger partial charge in [-0.3, -0.25) is 4.79 Å². The van der Waals surface area contributed by atoms with Gasteiger partial charge in [0.2, 0.25) is 0 Å². The molecule has 0 aromatic carbocycles. The van der Waals surface area contributed by atoms with Crippen LogP contribution in [0.2, 0.25) is 0 Å².